The minimum absolute atomic E-state index is 0.00921. The summed E-state index contributed by atoms with van der Waals surface area (Å²) in [6.07, 6.45) is 3.24. The molecule has 0 N–H and O–H groups in total. The number of hydrogen-bond donors (Lipinski definition) is 0. The summed E-state index contributed by atoms with van der Waals surface area (Å²) in [5, 5.41) is 8.25. The zero-order valence-electron chi connectivity index (χ0n) is 5.35. The van der Waals surface area contributed by atoms with E-state index in [-0.39, 0.29) is 5.92 Å². The lowest BCUT2D eigenvalue weighted by molar-refractivity contribution is 0.648. The molecule has 0 amide bonds. The van der Waals surface area contributed by atoms with Gasteiger partial charge in [0.2, 0.25) is 0 Å². The van der Waals surface area contributed by atoms with Crippen molar-refractivity contribution in [3.05, 3.63) is 6.92 Å². The number of hydrogen-bond acceptors (Lipinski definition) is 1. The fourth-order valence-corrected chi connectivity index (χ4v) is 0.515. The third kappa shape index (κ3) is 3.67. The molecule has 0 saturated heterocycles. The second kappa shape index (κ2) is 4.64. The summed E-state index contributed by atoms with van der Waals surface area (Å²) in [4.78, 5) is 0. The quantitative estimate of drug-likeness (QED) is 0.546. The van der Waals surface area contributed by atoms with Gasteiger partial charge >= 0.3 is 0 Å². The smallest absolute Gasteiger partial charge is 0.0655 e. The largest absolute Gasteiger partial charge is 0.198 e. The molecule has 1 radical (unpaired) electrons. The molecule has 0 aliphatic heterocycles. The van der Waals surface area contributed by atoms with E-state index in [4.69, 9.17) is 5.26 Å². The maximum absolute atomic E-state index is 8.25. The van der Waals surface area contributed by atoms with Crippen molar-refractivity contribution in [2.45, 2.75) is 26.2 Å². The molecular formula is C7H12N. The highest BCUT2D eigenvalue weighted by Crippen LogP contribution is 2.04. The Morgan fingerprint density at radius 1 is 1.75 bits per heavy atom. The van der Waals surface area contributed by atoms with E-state index in [2.05, 4.69) is 19.9 Å². The highest BCUT2D eigenvalue weighted by atomic mass is 14.2. The molecule has 0 fully saturated rings. The van der Waals surface area contributed by atoms with E-state index < -0.39 is 0 Å². The van der Waals surface area contributed by atoms with Crippen molar-refractivity contribution in [1.82, 2.24) is 0 Å². The predicted molar refractivity (Wildman–Crippen MR) is 34.0 cm³/mol. The van der Waals surface area contributed by atoms with Crippen LogP contribution < -0.4 is 0 Å². The Morgan fingerprint density at radius 2 is 2.38 bits per heavy atom. The standard InChI is InChI=1S/C7H12N/c1-3-4-5-7(2)6-8/h7H,2-5H2,1H3/t7-/m1/s1. The normalized spacial score (nSPS) is 12.6. The van der Waals surface area contributed by atoms with Gasteiger partial charge in [0.15, 0.2) is 0 Å². The van der Waals surface area contributed by atoms with Gasteiger partial charge in [-0.3, -0.25) is 0 Å². The highest BCUT2D eigenvalue weighted by molar-refractivity contribution is 4.83. The Bertz CT molecular complexity index is 80.9. The minimum atomic E-state index is 0.00921. The van der Waals surface area contributed by atoms with Crippen LogP contribution in [0.3, 0.4) is 0 Å². The third-order valence-corrected chi connectivity index (χ3v) is 1.09. The number of nitriles is 1. The summed E-state index contributed by atoms with van der Waals surface area (Å²) in [6, 6.07) is 2.09. The van der Waals surface area contributed by atoms with E-state index in [1.165, 1.54) is 0 Å². The first-order chi connectivity index (χ1) is 3.81. The molecule has 45 valence electrons. The maximum atomic E-state index is 8.25. The van der Waals surface area contributed by atoms with Gasteiger partial charge in [-0.05, 0) is 13.3 Å². The lowest BCUT2D eigenvalue weighted by Gasteiger charge is -1.96. The van der Waals surface area contributed by atoms with Crippen LogP contribution in [-0.4, -0.2) is 0 Å². The van der Waals surface area contributed by atoms with Crippen molar-refractivity contribution < 1.29 is 0 Å². The van der Waals surface area contributed by atoms with Gasteiger partial charge in [0.25, 0.3) is 0 Å². The van der Waals surface area contributed by atoms with Gasteiger partial charge in [-0.25, -0.2) is 0 Å². The van der Waals surface area contributed by atoms with E-state index in [1.807, 2.05) is 0 Å². The molecule has 0 heterocycles. The van der Waals surface area contributed by atoms with Crippen molar-refractivity contribution in [2.75, 3.05) is 0 Å². The summed E-state index contributed by atoms with van der Waals surface area (Å²) >= 11 is 0. The molecule has 0 aromatic rings. The SMILES string of the molecule is [CH2][C@@H](C#N)CCCC. The molecule has 1 nitrogen and oxygen atoms in total. The molecular weight excluding hydrogens is 98.1 g/mol. The third-order valence-electron chi connectivity index (χ3n) is 1.09. The molecule has 8 heavy (non-hydrogen) atoms. The zero-order chi connectivity index (χ0) is 6.41. The van der Waals surface area contributed by atoms with Crippen molar-refractivity contribution in [3.63, 3.8) is 0 Å². The Hall–Kier alpha value is -0.510. The van der Waals surface area contributed by atoms with Gasteiger partial charge in [-0.15, -0.1) is 0 Å². The lowest BCUT2D eigenvalue weighted by atomic mass is 10.1. The maximum Gasteiger partial charge on any atom is 0.0655 e. The summed E-state index contributed by atoms with van der Waals surface area (Å²) < 4.78 is 0. The van der Waals surface area contributed by atoms with Crippen LogP contribution in [-0.2, 0) is 0 Å². The topological polar surface area (TPSA) is 23.8 Å². The van der Waals surface area contributed by atoms with Crippen LogP contribution in [0.5, 0.6) is 0 Å². The summed E-state index contributed by atoms with van der Waals surface area (Å²) in [6.45, 7) is 5.75. The number of nitrogens with zero attached hydrogens (tertiary/aromatic N) is 1. The average Bonchev–Trinajstić information content (AvgIpc) is 1.83. The molecule has 0 aromatic heterocycles. The summed E-state index contributed by atoms with van der Waals surface area (Å²) in [5.74, 6) is 0.00921. The molecule has 0 aromatic carbocycles. The molecule has 0 spiro atoms. The van der Waals surface area contributed by atoms with Crippen LogP contribution in [0, 0.1) is 24.2 Å². The van der Waals surface area contributed by atoms with Gasteiger partial charge in [0, 0.05) is 5.92 Å². The summed E-state index contributed by atoms with van der Waals surface area (Å²) in [5.41, 5.74) is 0. The fraction of sp³-hybridized carbons (Fsp3) is 0.714. The first kappa shape index (κ1) is 7.49. The first-order valence-corrected chi connectivity index (χ1v) is 3.04. The number of unbranched alkanes of at least 4 members (excludes halogenated alkanes) is 1. The Balaban J connectivity index is 3.02. The Labute approximate surface area is 51.3 Å². The lowest BCUT2D eigenvalue weighted by Crippen LogP contribution is -1.87. The van der Waals surface area contributed by atoms with Crippen molar-refractivity contribution in [1.29, 1.82) is 5.26 Å². The van der Waals surface area contributed by atoms with Gasteiger partial charge in [-0.1, -0.05) is 19.8 Å². The van der Waals surface area contributed by atoms with Gasteiger partial charge in [0.05, 0.1) is 6.07 Å². The van der Waals surface area contributed by atoms with Gasteiger partial charge < -0.3 is 0 Å². The van der Waals surface area contributed by atoms with Crippen molar-refractivity contribution in [3.8, 4) is 6.07 Å². The van der Waals surface area contributed by atoms with Crippen LogP contribution in [0.15, 0.2) is 0 Å². The van der Waals surface area contributed by atoms with Gasteiger partial charge in [-0.2, -0.15) is 5.26 Å². The van der Waals surface area contributed by atoms with E-state index >= 15 is 0 Å². The molecule has 0 rings (SSSR count). The molecule has 0 bridgehead atoms. The van der Waals surface area contributed by atoms with Crippen LogP contribution in [0.2, 0.25) is 0 Å². The zero-order valence-corrected chi connectivity index (χ0v) is 5.35. The predicted octanol–water partition coefficient (Wildman–Crippen LogP) is 2.15. The minimum Gasteiger partial charge on any atom is -0.198 e. The molecule has 0 aliphatic rings. The molecule has 0 aliphatic carbocycles. The van der Waals surface area contributed by atoms with E-state index in [0.29, 0.717) is 0 Å². The second-order valence-corrected chi connectivity index (χ2v) is 1.97. The second-order valence-electron chi connectivity index (χ2n) is 1.97. The monoisotopic (exact) mass is 110 g/mol. The van der Waals surface area contributed by atoms with Gasteiger partial charge in [0.1, 0.15) is 0 Å². The van der Waals surface area contributed by atoms with Crippen LogP contribution in [0.1, 0.15) is 26.2 Å². The van der Waals surface area contributed by atoms with Crippen molar-refractivity contribution in [2.24, 2.45) is 5.92 Å². The highest BCUT2D eigenvalue weighted by Gasteiger charge is 1.95. The number of rotatable bonds is 3. The van der Waals surface area contributed by atoms with Crippen LogP contribution >= 0.6 is 0 Å². The molecule has 1 heteroatoms. The Morgan fingerprint density at radius 3 is 2.75 bits per heavy atom. The summed E-state index contributed by atoms with van der Waals surface area (Å²) in [7, 11) is 0. The first-order valence-electron chi connectivity index (χ1n) is 3.04. The molecule has 0 saturated carbocycles. The van der Waals surface area contributed by atoms with E-state index in [0.717, 1.165) is 19.3 Å². The van der Waals surface area contributed by atoms with E-state index in [9.17, 15) is 0 Å². The van der Waals surface area contributed by atoms with Crippen molar-refractivity contribution >= 4 is 0 Å². The molecule has 1 atom stereocenters. The van der Waals surface area contributed by atoms with E-state index in [1.54, 1.807) is 0 Å². The Kier molecular flexibility index (Phi) is 4.35. The average molecular weight is 110 g/mol. The van der Waals surface area contributed by atoms with Crippen LogP contribution in [0.25, 0.3) is 0 Å². The fourth-order valence-electron chi connectivity index (χ4n) is 0.515. The molecule has 0 unspecified atom stereocenters. The van der Waals surface area contributed by atoms with Crippen LogP contribution in [0.4, 0.5) is 0 Å².